The second kappa shape index (κ2) is 10.7. The second-order valence-electron chi connectivity index (χ2n) is 10.1. The Bertz CT molecular complexity index is 1860. The van der Waals surface area contributed by atoms with Crippen molar-refractivity contribution in [2.24, 2.45) is 0 Å². The van der Waals surface area contributed by atoms with Crippen LogP contribution in [-0.2, 0) is 11.2 Å². The van der Waals surface area contributed by atoms with Crippen molar-refractivity contribution in [2.75, 3.05) is 18.0 Å². The van der Waals surface area contributed by atoms with E-state index in [-0.39, 0.29) is 36.5 Å². The van der Waals surface area contributed by atoms with Gasteiger partial charge in [0.1, 0.15) is 23.2 Å². The van der Waals surface area contributed by atoms with Gasteiger partial charge in [-0.3, -0.25) is 19.3 Å². The number of piperazine rings is 1. The molecule has 9 nitrogen and oxygen atoms in total. The minimum Gasteiger partial charge on any atom is -0.323 e. The number of rotatable bonds is 4. The van der Waals surface area contributed by atoms with Gasteiger partial charge in [-0.25, -0.2) is 14.5 Å². The summed E-state index contributed by atoms with van der Waals surface area (Å²) in [5.41, 5.74) is 0.448. The maximum atomic E-state index is 15.1. The first-order valence-electron chi connectivity index (χ1n) is 12.9. The summed E-state index contributed by atoms with van der Waals surface area (Å²) in [6.07, 6.45) is 1.60. The maximum absolute atomic E-state index is 15.1. The summed E-state index contributed by atoms with van der Waals surface area (Å²) >= 11 is 0. The number of aromatic amines is 1. The highest BCUT2D eigenvalue weighted by Crippen LogP contribution is 2.29. The predicted molar refractivity (Wildman–Crippen MR) is 151 cm³/mol. The number of fused-ring (bicyclic) bond motifs is 1. The lowest BCUT2D eigenvalue weighted by Crippen LogP contribution is -2.65. The third-order valence-electron chi connectivity index (χ3n) is 7.16. The van der Waals surface area contributed by atoms with Gasteiger partial charge in [0.05, 0.1) is 22.2 Å². The molecule has 0 radical (unpaired) electrons. The summed E-state index contributed by atoms with van der Waals surface area (Å²) in [6.45, 7) is 5.24. The van der Waals surface area contributed by atoms with Crippen LogP contribution in [0.1, 0.15) is 53.5 Å². The molecule has 1 aliphatic heterocycles. The number of hydrogen-bond donors (Lipinski definition) is 1. The third-order valence-corrected chi connectivity index (χ3v) is 7.16. The summed E-state index contributed by atoms with van der Waals surface area (Å²) in [5, 5.41) is 16.8. The van der Waals surface area contributed by atoms with E-state index in [1.54, 1.807) is 57.2 Å². The highest BCUT2D eigenvalue weighted by Gasteiger charge is 2.45. The average molecular weight is 549 g/mol. The number of nitrogens with one attached hydrogen (secondary N) is 1. The molecule has 1 aliphatic rings. The average Bonchev–Trinajstić information content (AvgIpc) is 2.97. The monoisotopic (exact) mass is 548 g/mol. The van der Waals surface area contributed by atoms with E-state index in [2.05, 4.69) is 27.0 Å². The summed E-state index contributed by atoms with van der Waals surface area (Å²) in [4.78, 5) is 46.5. The molecule has 10 heteroatoms. The molecule has 4 aromatic rings. The number of H-pyrrole nitrogens is 1. The Morgan fingerprint density at radius 1 is 1.07 bits per heavy atom. The first kappa shape index (κ1) is 27.2. The number of amides is 2. The van der Waals surface area contributed by atoms with E-state index < -0.39 is 17.3 Å². The molecule has 2 amide bonds. The van der Waals surface area contributed by atoms with Crippen LogP contribution in [0, 0.1) is 29.0 Å². The number of carbonyl (C=O) groups is 2. The molecule has 41 heavy (non-hydrogen) atoms. The highest BCUT2D eigenvalue weighted by atomic mass is 19.1. The Morgan fingerprint density at radius 3 is 2.56 bits per heavy atom. The normalized spacial score (nSPS) is 14.4. The van der Waals surface area contributed by atoms with Gasteiger partial charge >= 0.3 is 0 Å². The molecule has 3 heterocycles. The molecule has 2 aromatic carbocycles. The minimum absolute atomic E-state index is 0.149. The largest absolute Gasteiger partial charge is 0.323 e. The molecule has 0 spiro atoms. The molecule has 0 atom stereocenters. The number of nitriles is 1. The molecule has 0 unspecified atom stereocenters. The van der Waals surface area contributed by atoms with Crippen molar-refractivity contribution in [2.45, 2.75) is 32.7 Å². The zero-order valence-corrected chi connectivity index (χ0v) is 22.7. The molecular formula is C31H25FN6O3. The van der Waals surface area contributed by atoms with Crippen molar-refractivity contribution >= 4 is 28.4 Å². The number of aromatic nitrogens is 3. The quantitative estimate of drug-likeness (QED) is 0.389. The van der Waals surface area contributed by atoms with Crippen LogP contribution in [0.4, 0.5) is 10.2 Å². The highest BCUT2D eigenvalue weighted by molar-refractivity contribution is 6.05. The van der Waals surface area contributed by atoms with Crippen LogP contribution < -0.4 is 10.5 Å². The van der Waals surface area contributed by atoms with Crippen molar-refractivity contribution in [3.05, 3.63) is 98.8 Å². The van der Waals surface area contributed by atoms with E-state index in [0.29, 0.717) is 33.4 Å². The molecular weight excluding hydrogens is 523 g/mol. The molecule has 204 valence electrons. The van der Waals surface area contributed by atoms with Crippen molar-refractivity contribution in [3.63, 3.8) is 0 Å². The number of carbonyl (C=O) groups excluding carboxylic acids is 2. The Balaban J connectivity index is 1.44. The number of benzene rings is 2. The molecule has 0 bridgehead atoms. The number of pyridine rings is 1. The Kier molecular flexibility index (Phi) is 7.08. The van der Waals surface area contributed by atoms with E-state index in [9.17, 15) is 14.4 Å². The lowest BCUT2D eigenvalue weighted by Gasteiger charge is -2.45. The number of hydrogen-bond acceptors (Lipinski definition) is 6. The topological polar surface area (TPSA) is 123 Å². The second-order valence-corrected chi connectivity index (χ2v) is 10.1. The van der Waals surface area contributed by atoms with Crippen molar-refractivity contribution in [3.8, 4) is 17.9 Å². The first-order chi connectivity index (χ1) is 19.6. The van der Waals surface area contributed by atoms with Gasteiger partial charge in [-0.05, 0) is 68.8 Å². The molecule has 1 saturated heterocycles. The van der Waals surface area contributed by atoms with Gasteiger partial charge in [-0.15, -0.1) is 5.92 Å². The van der Waals surface area contributed by atoms with Crippen LogP contribution >= 0.6 is 0 Å². The lowest BCUT2D eigenvalue weighted by molar-refractivity contribution is -0.129. The van der Waals surface area contributed by atoms with Crippen LogP contribution in [0.5, 0.6) is 0 Å². The van der Waals surface area contributed by atoms with Gasteiger partial charge in [0, 0.05) is 36.7 Å². The Morgan fingerprint density at radius 2 is 1.85 bits per heavy atom. The first-order valence-corrected chi connectivity index (χ1v) is 12.9. The van der Waals surface area contributed by atoms with Crippen LogP contribution in [0.15, 0.2) is 59.5 Å². The smallest absolute Gasteiger partial charge is 0.272 e. The van der Waals surface area contributed by atoms with Crippen LogP contribution in [-0.4, -0.2) is 50.5 Å². The third kappa shape index (κ3) is 5.04. The van der Waals surface area contributed by atoms with E-state index in [1.807, 2.05) is 6.07 Å². The Hall–Kier alpha value is -5.35. The maximum Gasteiger partial charge on any atom is 0.272 e. The fourth-order valence-electron chi connectivity index (χ4n) is 4.97. The van der Waals surface area contributed by atoms with Crippen LogP contribution in [0.25, 0.3) is 10.8 Å². The zero-order valence-electron chi connectivity index (χ0n) is 22.7. The summed E-state index contributed by atoms with van der Waals surface area (Å²) in [7, 11) is 0. The van der Waals surface area contributed by atoms with Crippen LogP contribution in [0.2, 0.25) is 0 Å². The van der Waals surface area contributed by atoms with Gasteiger partial charge < -0.3 is 4.90 Å². The molecule has 0 saturated carbocycles. The van der Waals surface area contributed by atoms with E-state index in [0.717, 1.165) is 5.56 Å². The minimum atomic E-state index is -1.29. The van der Waals surface area contributed by atoms with Gasteiger partial charge in [-0.2, -0.15) is 10.4 Å². The molecule has 0 aliphatic carbocycles. The predicted octanol–water partition coefficient (Wildman–Crippen LogP) is 3.56. The fourth-order valence-corrected chi connectivity index (χ4v) is 4.97. The SMILES string of the molecule is CC#Cc1ccc2c(=O)[nH]nc(Cc3ccc(F)c(C(=O)N4CCN(c5ccc(C#N)cn5)C(=O)C4(C)C)c3)c2c1. The molecule has 1 N–H and O–H groups in total. The van der Waals surface area contributed by atoms with E-state index >= 15 is 4.39 Å². The molecule has 1 fully saturated rings. The van der Waals surface area contributed by atoms with E-state index in [1.165, 1.54) is 28.1 Å². The van der Waals surface area contributed by atoms with Gasteiger partial charge in [0.2, 0.25) is 0 Å². The fraction of sp³-hybridized carbons (Fsp3) is 0.226. The Labute approximate surface area is 235 Å². The number of nitrogens with zero attached hydrogens (tertiary/aromatic N) is 5. The standard InChI is InChI=1S/C31H25FN6O3/c1-4-5-19-6-9-22-23(14-19)26(35-36-28(22)39)16-20-7-10-25(32)24(15-20)29(40)38-13-12-37(30(41)31(38,2)3)27-11-8-21(17-33)18-34-27/h6-11,14-15,18H,12-13,16H2,1-3H3,(H,36,39). The van der Waals surface area contributed by atoms with Crippen molar-refractivity contribution in [1.29, 1.82) is 5.26 Å². The van der Waals surface area contributed by atoms with Crippen LogP contribution in [0.3, 0.4) is 0 Å². The van der Waals surface area contributed by atoms with Gasteiger partial charge in [-0.1, -0.05) is 12.0 Å². The number of anilines is 1. The van der Waals surface area contributed by atoms with Gasteiger partial charge in [0.15, 0.2) is 0 Å². The van der Waals surface area contributed by atoms with Crippen molar-refractivity contribution < 1.29 is 14.0 Å². The van der Waals surface area contributed by atoms with Gasteiger partial charge in [0.25, 0.3) is 17.4 Å². The van der Waals surface area contributed by atoms with E-state index in [4.69, 9.17) is 5.26 Å². The number of halogens is 1. The summed E-state index contributed by atoms with van der Waals surface area (Å²) < 4.78 is 15.1. The molecule has 5 rings (SSSR count). The summed E-state index contributed by atoms with van der Waals surface area (Å²) in [6, 6.07) is 14.6. The summed E-state index contributed by atoms with van der Waals surface area (Å²) in [5.74, 6) is 4.48. The van der Waals surface area contributed by atoms with Crippen molar-refractivity contribution in [1.82, 2.24) is 20.1 Å². The zero-order chi connectivity index (χ0) is 29.3. The molecule has 2 aromatic heterocycles. The lowest BCUT2D eigenvalue weighted by atomic mass is 9.95.